The van der Waals surface area contributed by atoms with Crippen molar-refractivity contribution in [1.82, 2.24) is 0 Å². The molecule has 136 valence electrons. The van der Waals surface area contributed by atoms with Gasteiger partial charge in [0.05, 0.1) is 12.1 Å². The number of unbranched alkanes of at least 4 members (excludes halogenated alkanes) is 3. The predicted octanol–water partition coefficient (Wildman–Crippen LogP) is 7.67. The zero-order valence-corrected chi connectivity index (χ0v) is 15.9. The van der Waals surface area contributed by atoms with E-state index in [9.17, 15) is 12.2 Å². The summed E-state index contributed by atoms with van der Waals surface area (Å²) in [4.78, 5) is 0.553. The van der Waals surface area contributed by atoms with Gasteiger partial charge in [0.15, 0.2) is 0 Å². The molecule has 0 heterocycles. The number of hydrogen-bond donors (Lipinski definition) is 0. The van der Waals surface area contributed by atoms with Gasteiger partial charge in [0.25, 0.3) is 0 Å². The van der Waals surface area contributed by atoms with Crippen LogP contribution in [0.2, 0.25) is 0 Å². The van der Waals surface area contributed by atoms with Crippen LogP contribution in [0.1, 0.15) is 55.2 Å². The van der Waals surface area contributed by atoms with Crippen LogP contribution in [0.5, 0.6) is 0 Å². The van der Waals surface area contributed by atoms with Crippen LogP contribution >= 0.6 is 24.3 Å². The Morgan fingerprint density at radius 2 is 1.64 bits per heavy atom. The Morgan fingerprint density at radius 3 is 2.28 bits per heavy atom. The van der Waals surface area contributed by atoms with Crippen LogP contribution in [0.3, 0.4) is 0 Å². The Kier molecular flexibility index (Phi) is 8.76. The highest BCUT2D eigenvalue weighted by Crippen LogP contribution is 2.29. The number of benzene rings is 2. The van der Waals surface area contributed by atoms with E-state index in [0.29, 0.717) is 28.4 Å². The predicted molar refractivity (Wildman–Crippen MR) is 103 cm³/mol. The molecule has 0 aliphatic heterocycles. The minimum Gasteiger partial charge on any atom is -0.207 e. The quantitative estimate of drug-likeness (QED) is 0.385. The van der Waals surface area contributed by atoms with Crippen LogP contribution < -0.4 is 0 Å². The summed E-state index contributed by atoms with van der Waals surface area (Å²) in [7, 11) is 0. The molecule has 2 rings (SSSR count). The van der Waals surface area contributed by atoms with E-state index in [-0.39, 0.29) is 23.9 Å². The summed E-state index contributed by atoms with van der Waals surface area (Å²) in [5.41, 5.74) is 2.62. The Labute approximate surface area is 157 Å². The van der Waals surface area contributed by atoms with Gasteiger partial charge in [-0.3, -0.25) is 0 Å². The van der Waals surface area contributed by atoms with E-state index in [0.717, 1.165) is 43.2 Å². The third-order valence-electron chi connectivity index (χ3n) is 4.44. The lowest BCUT2D eigenvalue weighted by atomic mass is 9.91. The molecular formula is C20H23F3S2. The molecule has 1 unspecified atom stereocenters. The molecule has 1 atom stereocenters. The Morgan fingerprint density at radius 1 is 0.920 bits per heavy atom. The van der Waals surface area contributed by atoms with Gasteiger partial charge in [0.1, 0.15) is 5.82 Å². The first kappa shape index (κ1) is 20.2. The molecule has 2 aromatic rings. The van der Waals surface area contributed by atoms with Crippen molar-refractivity contribution < 1.29 is 12.2 Å². The van der Waals surface area contributed by atoms with Crippen LogP contribution in [0.15, 0.2) is 47.4 Å². The molecule has 0 aliphatic carbocycles. The first-order valence-corrected chi connectivity index (χ1v) is 10.2. The number of aryl methyl sites for hydroxylation is 1. The Bertz CT molecular complexity index is 644. The second-order valence-electron chi connectivity index (χ2n) is 6.20. The summed E-state index contributed by atoms with van der Waals surface area (Å²) in [6, 6.07) is 12.6. The molecule has 0 spiro atoms. The largest absolute Gasteiger partial charge is 0.207 e. The van der Waals surface area contributed by atoms with Crippen molar-refractivity contribution in [1.29, 1.82) is 0 Å². The fourth-order valence-electron chi connectivity index (χ4n) is 2.90. The van der Waals surface area contributed by atoms with Gasteiger partial charge in [-0.05, 0) is 54.2 Å². The summed E-state index contributed by atoms with van der Waals surface area (Å²) in [6.07, 6.45) is 4.79. The summed E-state index contributed by atoms with van der Waals surface area (Å²) in [5, 5.41) is 0. The molecular weight excluding hydrogens is 361 g/mol. The smallest absolute Gasteiger partial charge is 0.127 e. The normalized spacial score (nSPS) is 12.3. The number of rotatable bonds is 10. The Hall–Kier alpha value is -1.07. The molecule has 0 aromatic heterocycles. The maximum atomic E-state index is 14.5. The highest BCUT2D eigenvalue weighted by molar-refractivity contribution is 7.94. The summed E-state index contributed by atoms with van der Waals surface area (Å²) in [6.45, 7) is 1.96. The first-order chi connectivity index (χ1) is 12.2. The number of halogens is 3. The van der Waals surface area contributed by atoms with Gasteiger partial charge in [-0.25, -0.2) is 4.39 Å². The van der Waals surface area contributed by atoms with E-state index < -0.39 is 0 Å². The van der Waals surface area contributed by atoms with Crippen molar-refractivity contribution in [3.63, 3.8) is 0 Å². The second kappa shape index (κ2) is 10.8. The molecule has 0 amide bonds. The lowest BCUT2D eigenvalue weighted by molar-refractivity contribution is 0.598. The van der Waals surface area contributed by atoms with Crippen LogP contribution in [-0.2, 0) is 6.42 Å². The third kappa shape index (κ3) is 6.30. The van der Waals surface area contributed by atoms with Gasteiger partial charge in [-0.2, -0.15) is 7.77 Å². The molecule has 0 N–H and O–H groups in total. The van der Waals surface area contributed by atoms with E-state index >= 15 is 0 Å². The molecule has 0 saturated carbocycles. The van der Waals surface area contributed by atoms with Crippen molar-refractivity contribution in [2.75, 3.05) is 5.75 Å². The van der Waals surface area contributed by atoms with E-state index in [1.165, 1.54) is 0 Å². The van der Waals surface area contributed by atoms with Gasteiger partial charge in [-0.15, -0.1) is 0 Å². The van der Waals surface area contributed by atoms with Crippen LogP contribution in [0.25, 0.3) is 0 Å². The van der Waals surface area contributed by atoms with Gasteiger partial charge in [0, 0.05) is 28.7 Å². The average molecular weight is 385 g/mol. The molecule has 0 saturated heterocycles. The monoisotopic (exact) mass is 384 g/mol. The molecule has 0 fully saturated rings. The average Bonchev–Trinajstić information content (AvgIpc) is 2.64. The van der Waals surface area contributed by atoms with Gasteiger partial charge in [-0.1, -0.05) is 44.0 Å². The van der Waals surface area contributed by atoms with Crippen LogP contribution in [0.4, 0.5) is 12.2 Å². The molecule has 0 nitrogen and oxygen atoms in total. The Balaban J connectivity index is 1.93. The molecule has 0 radical (unpaired) electrons. The van der Waals surface area contributed by atoms with E-state index in [1.54, 1.807) is 18.2 Å². The minimum atomic E-state index is -0.192. The summed E-state index contributed by atoms with van der Waals surface area (Å²) in [5.74, 6) is 0.292. The highest BCUT2D eigenvalue weighted by atomic mass is 32.2. The topological polar surface area (TPSA) is 0 Å². The van der Waals surface area contributed by atoms with E-state index in [1.807, 2.05) is 31.2 Å². The maximum absolute atomic E-state index is 14.5. The highest BCUT2D eigenvalue weighted by Gasteiger charge is 2.14. The van der Waals surface area contributed by atoms with Crippen molar-refractivity contribution in [2.24, 2.45) is 0 Å². The SMILES string of the molecule is CC(c1ccc(SF)cc1)c1ccc(CCCCCCSF)cc1F. The fourth-order valence-corrected chi connectivity index (χ4v) is 3.46. The van der Waals surface area contributed by atoms with Crippen molar-refractivity contribution in [3.8, 4) is 0 Å². The molecule has 25 heavy (non-hydrogen) atoms. The zero-order valence-electron chi connectivity index (χ0n) is 14.3. The van der Waals surface area contributed by atoms with Gasteiger partial charge in [0.2, 0.25) is 0 Å². The molecule has 0 bridgehead atoms. The fraction of sp³-hybridized carbons (Fsp3) is 0.400. The maximum Gasteiger partial charge on any atom is 0.127 e. The van der Waals surface area contributed by atoms with Crippen LogP contribution in [0, 0.1) is 5.82 Å². The van der Waals surface area contributed by atoms with Gasteiger partial charge >= 0.3 is 0 Å². The van der Waals surface area contributed by atoms with Gasteiger partial charge < -0.3 is 0 Å². The first-order valence-electron chi connectivity index (χ1n) is 8.56. The minimum absolute atomic E-state index is 0.0779. The molecule has 2 aromatic carbocycles. The lowest BCUT2D eigenvalue weighted by Gasteiger charge is -2.15. The zero-order chi connectivity index (χ0) is 18.1. The lowest BCUT2D eigenvalue weighted by Crippen LogP contribution is -2.00. The van der Waals surface area contributed by atoms with Crippen molar-refractivity contribution in [2.45, 2.75) is 49.8 Å². The van der Waals surface area contributed by atoms with Crippen LogP contribution in [-0.4, -0.2) is 5.75 Å². The van der Waals surface area contributed by atoms with Crippen molar-refractivity contribution >= 4 is 24.3 Å². The summed E-state index contributed by atoms with van der Waals surface area (Å²) < 4.78 is 38.9. The second-order valence-corrected chi connectivity index (χ2v) is 7.45. The van der Waals surface area contributed by atoms with Crippen molar-refractivity contribution in [3.05, 3.63) is 65.0 Å². The molecule has 0 aliphatic rings. The summed E-state index contributed by atoms with van der Waals surface area (Å²) >= 11 is 0.603. The number of hydrogen-bond acceptors (Lipinski definition) is 2. The van der Waals surface area contributed by atoms with E-state index in [2.05, 4.69) is 0 Å². The standard InChI is InChI=1S/C20H23F3S2/c1-15(17-8-10-18(25-23)11-9-17)19-12-7-16(14-20(19)21)6-4-2-3-5-13-24-22/h7-12,14-15H,2-6,13H2,1H3. The van der Waals surface area contributed by atoms with E-state index in [4.69, 9.17) is 0 Å². The molecule has 5 heteroatoms. The third-order valence-corrected chi connectivity index (χ3v) is 5.33.